The molecule has 0 N–H and O–H groups in total. The summed E-state index contributed by atoms with van der Waals surface area (Å²) in [7, 11) is 0. The monoisotopic (exact) mass is 370 g/mol. The summed E-state index contributed by atoms with van der Waals surface area (Å²) in [5.74, 6) is 0.724. The molecule has 0 saturated carbocycles. The summed E-state index contributed by atoms with van der Waals surface area (Å²) in [6, 6.07) is 12.0. The Labute approximate surface area is 157 Å². The summed E-state index contributed by atoms with van der Waals surface area (Å²) in [4.78, 5) is 18.8. The first kappa shape index (κ1) is 19.7. The van der Waals surface area contributed by atoms with Gasteiger partial charge in [-0.05, 0) is 31.2 Å². The molecule has 2 aromatic heterocycles. The van der Waals surface area contributed by atoms with Gasteiger partial charge in [0.05, 0.1) is 44.3 Å². The molecule has 0 bridgehead atoms. The minimum atomic E-state index is -0.0738. The summed E-state index contributed by atoms with van der Waals surface area (Å²) in [6.45, 7) is 4.15. The van der Waals surface area contributed by atoms with Crippen LogP contribution in [0.4, 0.5) is 0 Å². The van der Waals surface area contributed by atoms with Crippen LogP contribution in [-0.2, 0) is 17.9 Å². The van der Waals surface area contributed by atoms with E-state index in [1.54, 1.807) is 22.5 Å². The fourth-order valence-electron chi connectivity index (χ4n) is 2.60. The highest BCUT2D eigenvalue weighted by Crippen LogP contribution is 2.19. The van der Waals surface area contributed by atoms with E-state index in [1.807, 2.05) is 17.0 Å². The molecule has 136 valence electrons. The lowest BCUT2D eigenvalue weighted by atomic mass is 10.3. The van der Waals surface area contributed by atoms with E-state index in [9.17, 15) is 4.79 Å². The second-order valence-corrected chi connectivity index (χ2v) is 7.31. The maximum Gasteiger partial charge on any atom is 0.236 e. The van der Waals surface area contributed by atoms with E-state index >= 15 is 0 Å². The van der Waals surface area contributed by atoms with Crippen LogP contribution in [0.2, 0.25) is 0 Å². The Hall–Kier alpha value is -2.61. The number of hydrogen-bond acceptors (Lipinski definition) is 6. The highest BCUT2D eigenvalue weighted by Gasteiger charge is 2.19. The fourth-order valence-corrected chi connectivity index (χ4v) is 3.54. The molecule has 0 aliphatic heterocycles. The molecule has 2 rings (SSSR count). The maximum absolute atomic E-state index is 12.7. The molecular formula is C19H22N4O2S. The molecule has 0 fully saturated rings. The molecule has 1 amide bonds. The Morgan fingerprint density at radius 3 is 2.42 bits per heavy atom. The van der Waals surface area contributed by atoms with Crippen molar-refractivity contribution in [3.63, 3.8) is 0 Å². The van der Waals surface area contributed by atoms with Crippen molar-refractivity contribution >= 4 is 17.2 Å². The number of furan rings is 1. The minimum Gasteiger partial charge on any atom is -0.468 e. The number of thiophene rings is 1. The number of amides is 1. The third kappa shape index (κ3) is 6.36. The van der Waals surface area contributed by atoms with Gasteiger partial charge in [0.15, 0.2) is 0 Å². The zero-order valence-electron chi connectivity index (χ0n) is 14.9. The number of nitriles is 2. The highest BCUT2D eigenvalue weighted by molar-refractivity contribution is 7.11. The van der Waals surface area contributed by atoms with E-state index in [1.165, 1.54) is 9.75 Å². The molecule has 0 aromatic carbocycles. The SMILES string of the molecule is Cc1ccc(CN(CC(=O)N(CCC#N)CCC#N)Cc2ccco2)s1. The van der Waals surface area contributed by atoms with Crippen molar-refractivity contribution < 1.29 is 9.21 Å². The van der Waals surface area contributed by atoms with Gasteiger partial charge in [0.1, 0.15) is 5.76 Å². The quantitative estimate of drug-likeness (QED) is 0.640. The van der Waals surface area contributed by atoms with Crippen molar-refractivity contribution in [1.82, 2.24) is 9.80 Å². The summed E-state index contributed by atoms with van der Waals surface area (Å²) in [6.07, 6.45) is 2.15. The smallest absolute Gasteiger partial charge is 0.236 e. The Morgan fingerprint density at radius 1 is 1.15 bits per heavy atom. The summed E-state index contributed by atoms with van der Waals surface area (Å²) in [5, 5.41) is 17.6. The summed E-state index contributed by atoms with van der Waals surface area (Å²) < 4.78 is 5.43. The van der Waals surface area contributed by atoms with Gasteiger partial charge >= 0.3 is 0 Å². The first-order valence-corrected chi connectivity index (χ1v) is 9.25. The molecule has 0 radical (unpaired) electrons. The van der Waals surface area contributed by atoms with Gasteiger partial charge in [-0.15, -0.1) is 11.3 Å². The van der Waals surface area contributed by atoms with Crippen LogP contribution in [0.5, 0.6) is 0 Å². The molecule has 0 aliphatic carbocycles. The minimum absolute atomic E-state index is 0.0738. The second kappa shape index (κ2) is 10.4. The summed E-state index contributed by atoms with van der Waals surface area (Å²) in [5.41, 5.74) is 0. The van der Waals surface area contributed by atoms with Gasteiger partial charge in [-0.1, -0.05) is 0 Å². The van der Waals surface area contributed by atoms with Crippen molar-refractivity contribution in [2.45, 2.75) is 32.9 Å². The predicted molar refractivity (Wildman–Crippen MR) is 98.9 cm³/mol. The van der Waals surface area contributed by atoms with Gasteiger partial charge in [0, 0.05) is 29.4 Å². The number of carbonyl (C=O) groups is 1. The Kier molecular flexibility index (Phi) is 7.88. The van der Waals surface area contributed by atoms with E-state index in [4.69, 9.17) is 14.9 Å². The van der Waals surface area contributed by atoms with Crippen LogP contribution < -0.4 is 0 Å². The van der Waals surface area contributed by atoms with Crippen LogP contribution in [-0.4, -0.2) is 35.3 Å². The van der Waals surface area contributed by atoms with Gasteiger partial charge in [0.25, 0.3) is 0 Å². The number of rotatable bonds is 10. The molecular weight excluding hydrogens is 348 g/mol. The van der Waals surface area contributed by atoms with Gasteiger partial charge < -0.3 is 9.32 Å². The Bertz CT molecular complexity index is 752. The molecule has 0 aliphatic rings. The molecule has 0 spiro atoms. The van der Waals surface area contributed by atoms with Crippen LogP contribution in [0.1, 0.15) is 28.4 Å². The molecule has 7 heteroatoms. The molecule has 26 heavy (non-hydrogen) atoms. The van der Waals surface area contributed by atoms with E-state index < -0.39 is 0 Å². The Balaban J connectivity index is 2.06. The molecule has 2 heterocycles. The van der Waals surface area contributed by atoms with Crippen LogP contribution in [0, 0.1) is 29.6 Å². The van der Waals surface area contributed by atoms with E-state index in [0.717, 1.165) is 5.76 Å². The van der Waals surface area contributed by atoms with Crippen molar-refractivity contribution in [3.8, 4) is 12.1 Å². The third-order valence-corrected chi connectivity index (χ3v) is 4.82. The predicted octanol–water partition coefficient (Wildman–Crippen LogP) is 3.31. The van der Waals surface area contributed by atoms with Crippen LogP contribution >= 0.6 is 11.3 Å². The number of hydrogen-bond donors (Lipinski definition) is 0. The average molecular weight is 370 g/mol. The van der Waals surface area contributed by atoms with Crippen LogP contribution in [0.15, 0.2) is 34.9 Å². The van der Waals surface area contributed by atoms with Crippen molar-refractivity contribution in [3.05, 3.63) is 46.0 Å². The van der Waals surface area contributed by atoms with Gasteiger partial charge in [-0.3, -0.25) is 9.69 Å². The standard InChI is InChI=1S/C19H22N4O2S/c1-16-6-7-18(26-16)14-22(13-17-5-2-12-25-17)15-19(24)23(10-3-8-20)11-4-9-21/h2,5-7,12H,3-4,10-11,13-15H2,1H3. The Morgan fingerprint density at radius 2 is 1.88 bits per heavy atom. The van der Waals surface area contributed by atoms with E-state index in [-0.39, 0.29) is 25.3 Å². The molecule has 0 unspecified atom stereocenters. The third-order valence-electron chi connectivity index (χ3n) is 3.83. The lowest BCUT2D eigenvalue weighted by Gasteiger charge is -2.26. The van der Waals surface area contributed by atoms with Gasteiger partial charge in [-0.25, -0.2) is 0 Å². The lowest BCUT2D eigenvalue weighted by molar-refractivity contribution is -0.132. The molecule has 0 atom stereocenters. The van der Waals surface area contributed by atoms with E-state index in [0.29, 0.717) is 26.2 Å². The van der Waals surface area contributed by atoms with E-state index in [2.05, 4.69) is 31.2 Å². The first-order valence-electron chi connectivity index (χ1n) is 8.44. The average Bonchev–Trinajstić information content (AvgIpc) is 3.26. The van der Waals surface area contributed by atoms with Gasteiger partial charge in [-0.2, -0.15) is 10.5 Å². The molecule has 6 nitrogen and oxygen atoms in total. The van der Waals surface area contributed by atoms with Gasteiger partial charge in [0.2, 0.25) is 5.91 Å². The highest BCUT2D eigenvalue weighted by atomic mass is 32.1. The van der Waals surface area contributed by atoms with Crippen LogP contribution in [0.3, 0.4) is 0 Å². The second-order valence-electron chi connectivity index (χ2n) is 5.93. The van der Waals surface area contributed by atoms with Crippen molar-refractivity contribution in [1.29, 1.82) is 10.5 Å². The lowest BCUT2D eigenvalue weighted by Crippen LogP contribution is -2.40. The van der Waals surface area contributed by atoms with Crippen molar-refractivity contribution in [2.75, 3.05) is 19.6 Å². The van der Waals surface area contributed by atoms with Crippen LogP contribution in [0.25, 0.3) is 0 Å². The molecule has 2 aromatic rings. The number of nitrogens with zero attached hydrogens (tertiary/aromatic N) is 4. The van der Waals surface area contributed by atoms with Crippen molar-refractivity contribution in [2.24, 2.45) is 0 Å². The zero-order valence-corrected chi connectivity index (χ0v) is 15.7. The molecule has 0 saturated heterocycles. The largest absolute Gasteiger partial charge is 0.468 e. The topological polar surface area (TPSA) is 84.3 Å². The fraction of sp³-hybridized carbons (Fsp3) is 0.421. The summed E-state index contributed by atoms with van der Waals surface area (Å²) >= 11 is 1.71. The number of carbonyl (C=O) groups excluding carboxylic acids is 1. The maximum atomic E-state index is 12.7. The number of aryl methyl sites for hydroxylation is 1. The first-order chi connectivity index (χ1) is 12.6. The zero-order chi connectivity index (χ0) is 18.8. The normalized spacial score (nSPS) is 10.5.